The summed E-state index contributed by atoms with van der Waals surface area (Å²) in [6.45, 7) is 0. The van der Waals surface area contributed by atoms with Gasteiger partial charge in [-0.3, -0.25) is 4.79 Å². The lowest BCUT2D eigenvalue weighted by Gasteiger charge is -2.01. The van der Waals surface area contributed by atoms with Gasteiger partial charge in [-0.05, 0) is 48.5 Å². The van der Waals surface area contributed by atoms with E-state index in [2.05, 4.69) is 31.4 Å². The van der Waals surface area contributed by atoms with E-state index in [1.807, 2.05) is 12.1 Å². The summed E-state index contributed by atoms with van der Waals surface area (Å²) < 4.78 is 11.4. The molecule has 0 saturated heterocycles. The van der Waals surface area contributed by atoms with Crippen LogP contribution in [-0.2, 0) is 0 Å². The van der Waals surface area contributed by atoms with Gasteiger partial charge >= 0.3 is 11.8 Å². The van der Waals surface area contributed by atoms with Crippen molar-refractivity contribution < 1.29 is 13.9 Å². The Balaban J connectivity index is 1.75. The lowest BCUT2D eigenvalue weighted by atomic mass is 10.2. The number of nitrogens with zero attached hydrogens (tertiary/aromatic N) is 2. The number of hydrogen-bond acceptors (Lipinski definition) is 5. The number of aromatic nitrogens is 2. The van der Waals surface area contributed by atoms with Crippen LogP contribution in [0.4, 0.5) is 5.69 Å². The Morgan fingerprint density at radius 1 is 1.09 bits per heavy atom. The Bertz CT molecular complexity index is 813. The molecule has 0 fully saturated rings. The van der Waals surface area contributed by atoms with Gasteiger partial charge in [0.1, 0.15) is 5.75 Å². The van der Waals surface area contributed by atoms with Gasteiger partial charge in [0, 0.05) is 15.7 Å². The number of methoxy groups -OCH3 is 1. The molecule has 0 aliphatic rings. The number of carbonyl (C=O) groups is 1. The number of rotatable bonds is 4. The molecule has 23 heavy (non-hydrogen) atoms. The van der Waals surface area contributed by atoms with Gasteiger partial charge in [0.2, 0.25) is 5.89 Å². The molecule has 1 N–H and O–H groups in total. The lowest BCUT2D eigenvalue weighted by Crippen LogP contribution is -2.12. The van der Waals surface area contributed by atoms with Crippen LogP contribution in [-0.4, -0.2) is 23.2 Å². The first-order valence-corrected chi connectivity index (χ1v) is 7.50. The zero-order valence-electron chi connectivity index (χ0n) is 12.1. The third-order valence-electron chi connectivity index (χ3n) is 3.06. The Morgan fingerprint density at radius 3 is 2.43 bits per heavy atom. The van der Waals surface area contributed by atoms with E-state index in [-0.39, 0.29) is 11.8 Å². The summed E-state index contributed by atoms with van der Waals surface area (Å²) in [5.74, 6) is 0.438. The fraction of sp³-hybridized carbons (Fsp3) is 0.0625. The lowest BCUT2D eigenvalue weighted by molar-refractivity contribution is 0.0991. The van der Waals surface area contributed by atoms with Crippen molar-refractivity contribution in [3.8, 4) is 17.2 Å². The predicted octanol–water partition coefficient (Wildman–Crippen LogP) is 3.76. The predicted molar refractivity (Wildman–Crippen MR) is 88.4 cm³/mol. The first kappa shape index (κ1) is 15.2. The quantitative estimate of drug-likeness (QED) is 0.753. The van der Waals surface area contributed by atoms with E-state index in [9.17, 15) is 4.79 Å². The number of carbonyl (C=O) groups excluding carboxylic acids is 1. The van der Waals surface area contributed by atoms with Gasteiger partial charge < -0.3 is 14.5 Å². The van der Waals surface area contributed by atoms with Crippen LogP contribution in [0.25, 0.3) is 11.5 Å². The maximum Gasteiger partial charge on any atom is 0.313 e. The molecule has 0 aliphatic carbocycles. The van der Waals surface area contributed by atoms with Gasteiger partial charge in [-0.15, -0.1) is 10.2 Å². The second kappa shape index (κ2) is 6.62. The molecule has 0 bridgehead atoms. The number of anilines is 1. The van der Waals surface area contributed by atoms with Crippen molar-refractivity contribution in [1.29, 1.82) is 0 Å². The van der Waals surface area contributed by atoms with Gasteiger partial charge in [-0.25, -0.2) is 0 Å². The number of benzene rings is 2. The summed E-state index contributed by atoms with van der Waals surface area (Å²) in [5.41, 5.74) is 1.35. The maximum atomic E-state index is 12.1. The van der Waals surface area contributed by atoms with Crippen molar-refractivity contribution in [2.24, 2.45) is 0 Å². The number of halogens is 1. The van der Waals surface area contributed by atoms with Crippen molar-refractivity contribution in [2.75, 3.05) is 12.4 Å². The van der Waals surface area contributed by atoms with E-state index in [0.29, 0.717) is 11.3 Å². The Morgan fingerprint density at radius 2 is 1.78 bits per heavy atom. The molecule has 0 spiro atoms. The van der Waals surface area contributed by atoms with Crippen LogP contribution in [0, 0.1) is 0 Å². The highest BCUT2D eigenvalue weighted by Gasteiger charge is 2.16. The minimum atomic E-state index is -0.459. The van der Waals surface area contributed by atoms with Crippen molar-refractivity contribution >= 4 is 27.5 Å². The van der Waals surface area contributed by atoms with Crippen molar-refractivity contribution in [3.05, 3.63) is 58.9 Å². The molecular formula is C16H12BrN3O3. The molecular weight excluding hydrogens is 362 g/mol. The first-order chi connectivity index (χ1) is 11.2. The number of amides is 1. The van der Waals surface area contributed by atoms with Crippen LogP contribution >= 0.6 is 15.9 Å². The molecule has 6 nitrogen and oxygen atoms in total. The fourth-order valence-electron chi connectivity index (χ4n) is 1.88. The Kier molecular flexibility index (Phi) is 4.38. The van der Waals surface area contributed by atoms with Crippen LogP contribution in [0.15, 0.2) is 57.4 Å². The van der Waals surface area contributed by atoms with Crippen molar-refractivity contribution in [2.45, 2.75) is 0 Å². The molecule has 7 heteroatoms. The topological polar surface area (TPSA) is 77.2 Å². The van der Waals surface area contributed by atoms with Crippen molar-refractivity contribution in [1.82, 2.24) is 10.2 Å². The molecule has 116 valence electrons. The second-order valence-corrected chi connectivity index (χ2v) is 5.52. The molecule has 0 radical (unpaired) electrons. The van der Waals surface area contributed by atoms with Crippen LogP contribution in [0.3, 0.4) is 0 Å². The zero-order chi connectivity index (χ0) is 16.2. The smallest absolute Gasteiger partial charge is 0.313 e. The highest BCUT2D eigenvalue weighted by atomic mass is 79.9. The van der Waals surface area contributed by atoms with Crippen LogP contribution < -0.4 is 10.1 Å². The summed E-state index contributed by atoms with van der Waals surface area (Å²) in [6, 6.07) is 14.3. The second-order valence-electron chi connectivity index (χ2n) is 4.60. The van der Waals surface area contributed by atoms with E-state index in [4.69, 9.17) is 9.15 Å². The molecule has 2 aromatic carbocycles. The molecule has 0 unspecified atom stereocenters. The summed E-state index contributed by atoms with van der Waals surface area (Å²) in [7, 11) is 1.59. The van der Waals surface area contributed by atoms with Crippen LogP contribution in [0.1, 0.15) is 10.7 Å². The molecule has 1 heterocycles. The van der Waals surface area contributed by atoms with Gasteiger partial charge in [0.05, 0.1) is 7.11 Å². The molecule has 1 amide bonds. The zero-order valence-corrected chi connectivity index (χ0v) is 13.7. The average Bonchev–Trinajstić information content (AvgIpc) is 3.07. The Labute approximate surface area is 140 Å². The van der Waals surface area contributed by atoms with Crippen LogP contribution in [0.5, 0.6) is 5.75 Å². The summed E-state index contributed by atoms with van der Waals surface area (Å²) in [5, 5.41) is 10.4. The minimum absolute atomic E-state index is 0.0984. The normalized spacial score (nSPS) is 10.3. The molecule has 3 rings (SSSR count). The van der Waals surface area contributed by atoms with Gasteiger partial charge in [-0.1, -0.05) is 15.9 Å². The maximum absolute atomic E-state index is 12.1. The minimum Gasteiger partial charge on any atom is -0.497 e. The molecule has 0 aliphatic heterocycles. The average molecular weight is 374 g/mol. The van der Waals surface area contributed by atoms with E-state index in [0.717, 1.165) is 10.2 Å². The summed E-state index contributed by atoms with van der Waals surface area (Å²) >= 11 is 3.33. The monoisotopic (exact) mass is 373 g/mol. The fourth-order valence-corrected chi connectivity index (χ4v) is 2.15. The molecule has 0 atom stereocenters. The van der Waals surface area contributed by atoms with Crippen molar-refractivity contribution in [3.63, 3.8) is 0 Å². The molecule has 1 aromatic heterocycles. The van der Waals surface area contributed by atoms with E-state index in [1.54, 1.807) is 43.5 Å². The highest BCUT2D eigenvalue weighted by Crippen LogP contribution is 2.21. The number of ether oxygens (including phenoxy) is 1. The largest absolute Gasteiger partial charge is 0.497 e. The third kappa shape index (κ3) is 3.57. The van der Waals surface area contributed by atoms with Gasteiger partial charge in [-0.2, -0.15) is 0 Å². The highest BCUT2D eigenvalue weighted by molar-refractivity contribution is 9.10. The summed E-state index contributed by atoms with van der Waals surface area (Å²) in [6.07, 6.45) is 0. The summed E-state index contributed by atoms with van der Waals surface area (Å²) in [4.78, 5) is 12.1. The first-order valence-electron chi connectivity index (χ1n) is 6.70. The number of nitrogens with one attached hydrogen (secondary N) is 1. The third-order valence-corrected chi connectivity index (χ3v) is 3.59. The van der Waals surface area contributed by atoms with E-state index >= 15 is 0 Å². The number of hydrogen-bond donors (Lipinski definition) is 1. The van der Waals surface area contributed by atoms with Crippen LogP contribution in [0.2, 0.25) is 0 Å². The molecule has 0 saturated carbocycles. The van der Waals surface area contributed by atoms with Gasteiger partial charge in [0.15, 0.2) is 0 Å². The van der Waals surface area contributed by atoms with E-state index in [1.165, 1.54) is 0 Å². The SMILES string of the molecule is COc1ccc(-c2nnc(C(=O)Nc3ccc(Br)cc3)o2)cc1. The van der Waals surface area contributed by atoms with E-state index < -0.39 is 5.91 Å². The Hall–Kier alpha value is -2.67. The van der Waals surface area contributed by atoms with Gasteiger partial charge in [0.25, 0.3) is 0 Å². The standard InChI is InChI=1S/C16H12BrN3O3/c1-22-13-8-2-10(3-9-13)15-19-20-16(23-15)14(21)18-12-6-4-11(17)5-7-12/h2-9H,1H3,(H,18,21). The molecule has 3 aromatic rings.